The normalized spacial score (nSPS) is 20.8. The van der Waals surface area contributed by atoms with Gasteiger partial charge >= 0.3 is 0 Å². The first-order valence-corrected chi connectivity index (χ1v) is 7.74. The highest BCUT2D eigenvalue weighted by molar-refractivity contribution is 5.46. The Hall–Kier alpha value is -1.26. The van der Waals surface area contributed by atoms with Crippen LogP contribution in [0.15, 0.2) is 18.2 Å². The van der Waals surface area contributed by atoms with E-state index in [1.807, 2.05) is 32.9 Å². The summed E-state index contributed by atoms with van der Waals surface area (Å²) in [4.78, 5) is 2.37. The van der Waals surface area contributed by atoms with E-state index in [9.17, 15) is 5.11 Å². The van der Waals surface area contributed by atoms with E-state index in [2.05, 4.69) is 11.0 Å². The molecular weight excluding hydrogens is 266 g/mol. The molecule has 21 heavy (non-hydrogen) atoms. The van der Waals surface area contributed by atoms with Crippen molar-refractivity contribution in [2.75, 3.05) is 20.2 Å². The van der Waals surface area contributed by atoms with Crippen LogP contribution in [0.2, 0.25) is 0 Å². The molecule has 1 fully saturated rings. The number of hydrogen-bond acceptors (Lipinski definition) is 4. The van der Waals surface area contributed by atoms with E-state index in [0.29, 0.717) is 5.92 Å². The summed E-state index contributed by atoms with van der Waals surface area (Å²) in [6.07, 6.45) is 0.942. The highest BCUT2D eigenvalue weighted by atomic mass is 16.5. The van der Waals surface area contributed by atoms with Gasteiger partial charge < -0.3 is 14.6 Å². The van der Waals surface area contributed by atoms with Crippen molar-refractivity contribution < 1.29 is 14.6 Å². The van der Waals surface area contributed by atoms with Crippen molar-refractivity contribution in [3.8, 4) is 11.5 Å². The zero-order valence-corrected chi connectivity index (χ0v) is 13.5. The largest absolute Gasteiger partial charge is 0.493 e. The Morgan fingerprint density at radius 1 is 1.33 bits per heavy atom. The summed E-state index contributed by atoms with van der Waals surface area (Å²) in [6, 6.07) is 6.03. The maximum atomic E-state index is 9.72. The monoisotopic (exact) mass is 293 g/mol. The van der Waals surface area contributed by atoms with Crippen LogP contribution in [-0.4, -0.2) is 42.4 Å². The third-order valence-electron chi connectivity index (χ3n) is 4.02. The second-order valence-corrected chi connectivity index (χ2v) is 6.14. The molecule has 0 amide bonds. The van der Waals surface area contributed by atoms with E-state index in [4.69, 9.17) is 9.47 Å². The van der Waals surface area contributed by atoms with Crippen molar-refractivity contribution >= 4 is 0 Å². The minimum atomic E-state index is -0.230. The number of benzene rings is 1. The van der Waals surface area contributed by atoms with E-state index in [-0.39, 0.29) is 12.2 Å². The minimum absolute atomic E-state index is 0.115. The van der Waals surface area contributed by atoms with Crippen LogP contribution < -0.4 is 9.47 Å². The van der Waals surface area contributed by atoms with Gasteiger partial charge in [-0.15, -0.1) is 0 Å². The van der Waals surface area contributed by atoms with Crippen LogP contribution in [0.25, 0.3) is 0 Å². The average Bonchev–Trinajstić information content (AvgIpc) is 2.89. The quantitative estimate of drug-likeness (QED) is 0.875. The number of methoxy groups -OCH3 is 1. The number of para-hydroxylation sites is 1. The molecule has 0 bridgehead atoms. The number of aliphatic hydroxyl groups is 1. The zero-order chi connectivity index (χ0) is 15.4. The van der Waals surface area contributed by atoms with Crippen LogP contribution >= 0.6 is 0 Å². The Bertz CT molecular complexity index is 459. The first-order valence-electron chi connectivity index (χ1n) is 7.74. The number of likely N-dealkylation sites (tertiary alicyclic amines) is 1. The van der Waals surface area contributed by atoms with E-state index < -0.39 is 0 Å². The Morgan fingerprint density at radius 2 is 2.10 bits per heavy atom. The molecule has 118 valence electrons. The lowest BCUT2D eigenvalue weighted by atomic mass is 10.0. The molecule has 0 spiro atoms. The Labute approximate surface area is 127 Å². The maximum absolute atomic E-state index is 9.72. The average molecular weight is 293 g/mol. The standard InChI is InChI=1S/C17H27NO3/c1-12(2)21-17-15(6-5-7-16(17)20-4)11-18-9-8-14(10-18)13(3)19/h5-7,12-14,19H,8-11H2,1-4H3. The van der Waals surface area contributed by atoms with Crippen molar-refractivity contribution in [1.82, 2.24) is 4.90 Å². The third kappa shape index (κ3) is 4.11. The molecule has 2 unspecified atom stereocenters. The molecule has 0 aliphatic carbocycles. The van der Waals surface area contributed by atoms with E-state index >= 15 is 0 Å². The van der Waals surface area contributed by atoms with Crippen LogP contribution in [0.4, 0.5) is 0 Å². The van der Waals surface area contributed by atoms with Crippen molar-refractivity contribution in [2.45, 2.75) is 45.9 Å². The molecule has 4 nitrogen and oxygen atoms in total. The predicted molar refractivity (Wildman–Crippen MR) is 83.8 cm³/mol. The Balaban J connectivity index is 2.12. The van der Waals surface area contributed by atoms with Crippen LogP contribution in [0.1, 0.15) is 32.8 Å². The first kappa shape index (κ1) is 16.1. The fourth-order valence-corrected chi connectivity index (χ4v) is 2.86. The summed E-state index contributed by atoms with van der Waals surface area (Å²) >= 11 is 0. The van der Waals surface area contributed by atoms with Crippen LogP contribution in [0.5, 0.6) is 11.5 Å². The highest BCUT2D eigenvalue weighted by Crippen LogP contribution is 2.34. The summed E-state index contributed by atoms with van der Waals surface area (Å²) in [6.45, 7) is 8.73. The van der Waals surface area contributed by atoms with Crippen LogP contribution in [0, 0.1) is 5.92 Å². The molecule has 2 atom stereocenters. The van der Waals surface area contributed by atoms with Crippen LogP contribution in [0.3, 0.4) is 0 Å². The lowest BCUT2D eigenvalue weighted by Crippen LogP contribution is -2.24. The second-order valence-electron chi connectivity index (χ2n) is 6.14. The van der Waals surface area contributed by atoms with E-state index in [1.54, 1.807) is 7.11 Å². The SMILES string of the molecule is COc1cccc(CN2CCC(C(C)O)C2)c1OC(C)C. The fraction of sp³-hybridized carbons (Fsp3) is 0.647. The van der Waals surface area contributed by atoms with Gasteiger partial charge in [-0.1, -0.05) is 12.1 Å². The molecule has 1 N–H and O–H groups in total. The number of hydrogen-bond donors (Lipinski definition) is 1. The lowest BCUT2D eigenvalue weighted by molar-refractivity contribution is 0.127. The van der Waals surface area contributed by atoms with E-state index in [0.717, 1.165) is 43.1 Å². The zero-order valence-electron chi connectivity index (χ0n) is 13.5. The molecule has 1 aromatic carbocycles. The minimum Gasteiger partial charge on any atom is -0.493 e. The number of nitrogens with zero attached hydrogens (tertiary/aromatic N) is 1. The van der Waals surface area contributed by atoms with Gasteiger partial charge in [-0.2, -0.15) is 0 Å². The molecule has 1 heterocycles. The number of rotatable bonds is 6. The summed E-state index contributed by atoms with van der Waals surface area (Å²) < 4.78 is 11.4. The van der Waals surface area contributed by atoms with Gasteiger partial charge in [0.25, 0.3) is 0 Å². The van der Waals surface area contributed by atoms with Gasteiger partial charge in [0.05, 0.1) is 19.3 Å². The molecule has 4 heteroatoms. The summed E-state index contributed by atoms with van der Waals surface area (Å²) in [7, 11) is 1.67. The topological polar surface area (TPSA) is 41.9 Å². The van der Waals surface area contributed by atoms with Crippen molar-refractivity contribution in [1.29, 1.82) is 0 Å². The molecule has 1 aliphatic heterocycles. The van der Waals surface area contributed by atoms with Gasteiger partial charge in [0, 0.05) is 18.7 Å². The van der Waals surface area contributed by atoms with Gasteiger partial charge in [0.1, 0.15) is 0 Å². The predicted octanol–water partition coefficient (Wildman–Crippen LogP) is 2.69. The molecule has 0 aromatic heterocycles. The first-order chi connectivity index (χ1) is 10.0. The molecular formula is C17H27NO3. The van der Waals surface area contributed by atoms with Gasteiger partial charge in [0.15, 0.2) is 11.5 Å². The van der Waals surface area contributed by atoms with Crippen molar-refractivity contribution in [3.05, 3.63) is 23.8 Å². The van der Waals surface area contributed by atoms with Crippen LogP contribution in [-0.2, 0) is 6.54 Å². The van der Waals surface area contributed by atoms with Crippen molar-refractivity contribution in [2.24, 2.45) is 5.92 Å². The Kier molecular flexibility index (Phi) is 5.48. The molecule has 1 saturated heterocycles. The molecule has 2 rings (SSSR count). The highest BCUT2D eigenvalue weighted by Gasteiger charge is 2.27. The molecule has 0 radical (unpaired) electrons. The van der Waals surface area contributed by atoms with Gasteiger partial charge in [-0.05, 0) is 45.7 Å². The fourth-order valence-electron chi connectivity index (χ4n) is 2.86. The van der Waals surface area contributed by atoms with Gasteiger partial charge in [-0.25, -0.2) is 0 Å². The summed E-state index contributed by atoms with van der Waals surface area (Å²) in [5.74, 6) is 2.01. The molecule has 0 saturated carbocycles. The summed E-state index contributed by atoms with van der Waals surface area (Å²) in [5, 5.41) is 9.72. The van der Waals surface area contributed by atoms with Crippen molar-refractivity contribution in [3.63, 3.8) is 0 Å². The van der Waals surface area contributed by atoms with Gasteiger partial charge in [0.2, 0.25) is 0 Å². The Morgan fingerprint density at radius 3 is 2.67 bits per heavy atom. The number of ether oxygens (including phenoxy) is 2. The lowest BCUT2D eigenvalue weighted by Gasteiger charge is -2.21. The van der Waals surface area contributed by atoms with Gasteiger partial charge in [-0.3, -0.25) is 4.90 Å². The molecule has 1 aromatic rings. The maximum Gasteiger partial charge on any atom is 0.166 e. The summed E-state index contributed by atoms with van der Waals surface area (Å²) in [5.41, 5.74) is 1.15. The smallest absolute Gasteiger partial charge is 0.166 e. The number of aliphatic hydroxyl groups excluding tert-OH is 1. The second kappa shape index (κ2) is 7.14. The van der Waals surface area contributed by atoms with E-state index in [1.165, 1.54) is 0 Å². The third-order valence-corrected chi connectivity index (χ3v) is 4.02. The molecule has 1 aliphatic rings.